The standard InChI is InChI=1S/C23H21F3N6O3S/c1-30-19-11-17(5-4-15(19)12-27-30)32(23(33)31-6-8-36(34)9-7-31)13-16-3-2-14(10-18(16)24)21-28-29-22(35-21)20(25)26/h2-5,10-12,20H,6-9,13H2,1H3. The summed E-state index contributed by atoms with van der Waals surface area (Å²) >= 11 is 0. The Morgan fingerprint density at radius 2 is 1.94 bits per heavy atom. The molecule has 1 aliphatic rings. The molecule has 0 unspecified atom stereocenters. The van der Waals surface area contributed by atoms with Gasteiger partial charge in [-0.2, -0.15) is 13.9 Å². The molecule has 4 aromatic rings. The predicted molar refractivity (Wildman–Crippen MR) is 126 cm³/mol. The second-order valence-corrected chi connectivity index (χ2v) is 9.96. The van der Waals surface area contributed by atoms with Crippen molar-refractivity contribution in [3.63, 3.8) is 0 Å². The number of aryl methyl sites for hydroxylation is 1. The Balaban J connectivity index is 1.47. The lowest BCUT2D eigenvalue weighted by molar-refractivity contribution is 0.116. The molecule has 1 aliphatic heterocycles. The molecule has 9 nitrogen and oxygen atoms in total. The maximum absolute atomic E-state index is 15.2. The first-order chi connectivity index (χ1) is 17.3. The summed E-state index contributed by atoms with van der Waals surface area (Å²) in [7, 11) is 0.819. The Morgan fingerprint density at radius 3 is 2.64 bits per heavy atom. The van der Waals surface area contributed by atoms with Gasteiger partial charge < -0.3 is 9.32 Å². The van der Waals surface area contributed by atoms with Crippen molar-refractivity contribution in [1.29, 1.82) is 0 Å². The predicted octanol–water partition coefficient (Wildman–Crippen LogP) is 3.89. The molecule has 1 fully saturated rings. The average molecular weight is 519 g/mol. The molecule has 3 heterocycles. The van der Waals surface area contributed by atoms with Crippen molar-refractivity contribution in [2.45, 2.75) is 13.0 Å². The molecule has 0 atom stereocenters. The van der Waals surface area contributed by atoms with Crippen molar-refractivity contribution in [2.75, 3.05) is 29.5 Å². The number of carbonyl (C=O) groups is 1. The molecule has 13 heteroatoms. The number of carbonyl (C=O) groups excluding carboxylic acids is 1. The highest BCUT2D eigenvalue weighted by Crippen LogP contribution is 2.28. The first kappa shape index (κ1) is 24.0. The number of urea groups is 1. The first-order valence-electron chi connectivity index (χ1n) is 11.0. The molecular weight excluding hydrogens is 497 g/mol. The topological polar surface area (TPSA) is 97.4 Å². The number of halogens is 3. The van der Waals surface area contributed by atoms with E-state index in [1.807, 2.05) is 6.07 Å². The third-order valence-electron chi connectivity index (χ3n) is 5.98. The van der Waals surface area contributed by atoms with Gasteiger partial charge in [0.2, 0.25) is 5.89 Å². The highest BCUT2D eigenvalue weighted by atomic mass is 32.2. The number of alkyl halides is 2. The third kappa shape index (κ3) is 4.70. The Hall–Kier alpha value is -3.74. The Labute approximate surface area is 206 Å². The zero-order valence-corrected chi connectivity index (χ0v) is 19.9. The van der Waals surface area contributed by atoms with Crippen molar-refractivity contribution in [3.8, 4) is 11.5 Å². The van der Waals surface area contributed by atoms with Gasteiger partial charge in [0, 0.05) is 64.6 Å². The molecule has 0 spiro atoms. The van der Waals surface area contributed by atoms with E-state index in [0.717, 1.165) is 17.0 Å². The van der Waals surface area contributed by atoms with E-state index in [1.54, 1.807) is 35.0 Å². The van der Waals surface area contributed by atoms with E-state index in [9.17, 15) is 17.8 Å². The zero-order chi connectivity index (χ0) is 25.4. The van der Waals surface area contributed by atoms with Gasteiger partial charge in [-0.25, -0.2) is 9.18 Å². The van der Waals surface area contributed by atoms with Crippen LogP contribution in [0, 0.1) is 5.82 Å². The van der Waals surface area contributed by atoms with Gasteiger partial charge in [0.15, 0.2) is 0 Å². The summed E-state index contributed by atoms with van der Waals surface area (Å²) in [6.07, 6.45) is -1.22. The highest BCUT2D eigenvalue weighted by Gasteiger charge is 2.27. The zero-order valence-electron chi connectivity index (χ0n) is 19.1. The van der Waals surface area contributed by atoms with Crippen molar-refractivity contribution in [1.82, 2.24) is 24.9 Å². The van der Waals surface area contributed by atoms with Gasteiger partial charge >= 0.3 is 12.5 Å². The van der Waals surface area contributed by atoms with Crippen LogP contribution in [0.25, 0.3) is 22.4 Å². The molecule has 1 saturated heterocycles. The van der Waals surface area contributed by atoms with Crippen molar-refractivity contribution in [3.05, 3.63) is 59.9 Å². The number of anilines is 1. The Morgan fingerprint density at radius 1 is 1.17 bits per heavy atom. The van der Waals surface area contributed by atoms with Crippen molar-refractivity contribution in [2.24, 2.45) is 7.05 Å². The van der Waals surface area contributed by atoms with Crippen LogP contribution in [0.4, 0.5) is 23.7 Å². The number of nitrogens with zero attached hydrogens (tertiary/aromatic N) is 6. The summed E-state index contributed by atoms with van der Waals surface area (Å²) in [5.74, 6) is -0.975. The van der Waals surface area contributed by atoms with Crippen LogP contribution in [0.3, 0.4) is 0 Å². The van der Waals surface area contributed by atoms with Crippen LogP contribution in [-0.4, -0.2) is 59.7 Å². The van der Waals surface area contributed by atoms with Gasteiger partial charge in [0.25, 0.3) is 5.89 Å². The molecule has 0 aliphatic carbocycles. The van der Waals surface area contributed by atoms with Gasteiger partial charge in [-0.15, -0.1) is 10.2 Å². The van der Waals surface area contributed by atoms with Crippen LogP contribution < -0.4 is 4.90 Å². The average Bonchev–Trinajstić information content (AvgIpc) is 3.51. The van der Waals surface area contributed by atoms with Gasteiger partial charge in [0.1, 0.15) is 5.82 Å². The fourth-order valence-electron chi connectivity index (χ4n) is 3.99. The summed E-state index contributed by atoms with van der Waals surface area (Å²) in [4.78, 5) is 16.6. The minimum atomic E-state index is -2.93. The van der Waals surface area contributed by atoms with Crippen LogP contribution in [0.5, 0.6) is 0 Å². The lowest BCUT2D eigenvalue weighted by Crippen LogP contribution is -2.48. The van der Waals surface area contributed by atoms with E-state index in [2.05, 4.69) is 15.3 Å². The second kappa shape index (κ2) is 9.72. The summed E-state index contributed by atoms with van der Waals surface area (Å²) < 4.78 is 59.1. The number of fused-ring (bicyclic) bond motifs is 1. The number of hydrogen-bond acceptors (Lipinski definition) is 6. The second-order valence-electron chi connectivity index (χ2n) is 8.27. The third-order valence-corrected chi connectivity index (χ3v) is 7.26. The molecule has 0 N–H and O–H groups in total. The van der Waals surface area contributed by atoms with Crippen LogP contribution in [0.15, 0.2) is 47.0 Å². The molecule has 36 heavy (non-hydrogen) atoms. The fourth-order valence-corrected chi connectivity index (χ4v) is 5.04. The van der Waals surface area contributed by atoms with E-state index in [-0.39, 0.29) is 29.6 Å². The lowest BCUT2D eigenvalue weighted by Gasteiger charge is -2.33. The Kier molecular flexibility index (Phi) is 6.48. The van der Waals surface area contributed by atoms with Crippen LogP contribution >= 0.6 is 0 Å². The van der Waals surface area contributed by atoms with E-state index in [1.165, 1.54) is 17.0 Å². The first-order valence-corrected chi connectivity index (χ1v) is 12.5. The van der Waals surface area contributed by atoms with E-state index in [4.69, 9.17) is 4.42 Å². The van der Waals surface area contributed by atoms with Crippen LogP contribution in [-0.2, 0) is 24.4 Å². The minimum absolute atomic E-state index is 0.0972. The number of amides is 2. The molecule has 0 saturated carbocycles. The quantitative estimate of drug-likeness (QED) is 0.398. The number of rotatable bonds is 5. The normalized spacial score (nSPS) is 14.6. The monoisotopic (exact) mass is 518 g/mol. The molecule has 188 valence electrons. The number of benzene rings is 2. The maximum atomic E-state index is 15.2. The van der Waals surface area contributed by atoms with Gasteiger partial charge in [0.05, 0.1) is 18.3 Å². The van der Waals surface area contributed by atoms with E-state index in [0.29, 0.717) is 30.3 Å². The van der Waals surface area contributed by atoms with Gasteiger partial charge in [-0.3, -0.25) is 13.8 Å². The van der Waals surface area contributed by atoms with E-state index < -0.39 is 28.9 Å². The number of hydrogen-bond donors (Lipinski definition) is 0. The molecular formula is C23H21F3N6O3S. The molecule has 2 aromatic carbocycles. The maximum Gasteiger partial charge on any atom is 0.324 e. The molecule has 0 bridgehead atoms. The van der Waals surface area contributed by atoms with Crippen molar-refractivity contribution < 1.29 is 26.6 Å². The molecule has 2 aromatic heterocycles. The summed E-state index contributed by atoms with van der Waals surface area (Å²) in [6.45, 7) is 0.571. The minimum Gasteiger partial charge on any atom is -0.415 e. The SMILES string of the molecule is Cn1ncc2ccc(N(Cc3ccc(-c4nnc(C(F)F)o4)cc3F)C(=O)N3CCS(=O)CC3)cc21. The summed E-state index contributed by atoms with van der Waals surface area (Å²) in [5, 5.41) is 11.9. The molecule has 0 radical (unpaired) electrons. The summed E-state index contributed by atoms with van der Waals surface area (Å²) in [6, 6.07) is 9.09. The number of aromatic nitrogens is 4. The van der Waals surface area contributed by atoms with Gasteiger partial charge in [-0.05, 0) is 30.3 Å². The van der Waals surface area contributed by atoms with Gasteiger partial charge in [-0.1, -0.05) is 6.07 Å². The largest absolute Gasteiger partial charge is 0.415 e. The smallest absolute Gasteiger partial charge is 0.324 e. The van der Waals surface area contributed by atoms with Crippen molar-refractivity contribution >= 4 is 33.4 Å². The molecule has 2 amide bonds. The molecule has 5 rings (SSSR count). The highest BCUT2D eigenvalue weighted by molar-refractivity contribution is 7.85. The van der Waals surface area contributed by atoms with Crippen LogP contribution in [0.1, 0.15) is 17.9 Å². The lowest BCUT2D eigenvalue weighted by atomic mass is 10.1. The van der Waals surface area contributed by atoms with Crippen LogP contribution in [0.2, 0.25) is 0 Å². The Bertz CT molecular complexity index is 1450. The van der Waals surface area contributed by atoms with E-state index >= 15 is 4.39 Å². The fraction of sp³-hybridized carbons (Fsp3) is 0.304. The summed E-state index contributed by atoms with van der Waals surface area (Å²) in [5.41, 5.74) is 1.69.